The molecule has 1 aromatic heterocycles. The maximum Gasteiger partial charge on any atom is 0.255 e. The van der Waals surface area contributed by atoms with E-state index in [-0.39, 0.29) is 17.1 Å². The second-order valence-electron chi connectivity index (χ2n) is 7.42. The van der Waals surface area contributed by atoms with Gasteiger partial charge < -0.3 is 5.32 Å². The highest BCUT2D eigenvalue weighted by atomic mass is 16.1. The zero-order chi connectivity index (χ0) is 17.1. The molecule has 122 valence electrons. The summed E-state index contributed by atoms with van der Waals surface area (Å²) in [6.07, 6.45) is 2.52. The minimum atomic E-state index is -0.159. The van der Waals surface area contributed by atoms with Gasteiger partial charge in [0.15, 0.2) is 5.78 Å². The van der Waals surface area contributed by atoms with E-state index in [1.165, 1.54) is 0 Å². The highest BCUT2D eigenvalue weighted by Crippen LogP contribution is 2.68. The van der Waals surface area contributed by atoms with Gasteiger partial charge in [0.25, 0.3) is 5.91 Å². The van der Waals surface area contributed by atoms with Crippen LogP contribution in [0.2, 0.25) is 0 Å². The summed E-state index contributed by atoms with van der Waals surface area (Å²) < 4.78 is 0. The Morgan fingerprint density at radius 2 is 2.04 bits per heavy atom. The summed E-state index contributed by atoms with van der Waals surface area (Å²) in [6.45, 7) is 5.99. The number of nitrogens with one attached hydrogen (secondary N) is 1. The van der Waals surface area contributed by atoms with Gasteiger partial charge in [0.2, 0.25) is 0 Å². The Labute approximate surface area is 141 Å². The van der Waals surface area contributed by atoms with Crippen LogP contribution in [0.4, 0.5) is 0 Å². The fraction of sp³-hybridized carbons (Fsp3) is 0.350. The maximum absolute atomic E-state index is 12.6. The minimum Gasteiger partial charge on any atom is -0.325 e. The molecular formula is C20H20N2O2. The van der Waals surface area contributed by atoms with Gasteiger partial charge in [0.1, 0.15) is 0 Å². The molecule has 0 radical (unpaired) electrons. The van der Waals surface area contributed by atoms with Crippen LogP contribution < -0.4 is 5.32 Å². The lowest BCUT2D eigenvalue weighted by atomic mass is 9.96. The van der Waals surface area contributed by atoms with Crippen LogP contribution in [0.5, 0.6) is 0 Å². The summed E-state index contributed by atoms with van der Waals surface area (Å²) in [5.41, 5.74) is 3.27. The normalized spacial score (nSPS) is 24.0. The van der Waals surface area contributed by atoms with E-state index in [4.69, 9.17) is 0 Å². The van der Waals surface area contributed by atoms with Gasteiger partial charge in [0.05, 0.1) is 5.52 Å². The van der Waals surface area contributed by atoms with Gasteiger partial charge in [-0.2, -0.15) is 0 Å². The first-order valence-corrected chi connectivity index (χ1v) is 8.29. The zero-order valence-corrected chi connectivity index (χ0v) is 14.1. The predicted molar refractivity (Wildman–Crippen MR) is 92.3 cm³/mol. The molecule has 0 unspecified atom stereocenters. The van der Waals surface area contributed by atoms with E-state index in [1.807, 2.05) is 24.3 Å². The Morgan fingerprint density at radius 1 is 1.25 bits per heavy atom. The van der Waals surface area contributed by atoms with Crippen molar-refractivity contribution >= 4 is 22.6 Å². The number of pyridine rings is 1. The molecule has 2 aliphatic rings. The first kappa shape index (κ1) is 15.1. The molecule has 2 aromatic rings. The molecule has 0 saturated heterocycles. The summed E-state index contributed by atoms with van der Waals surface area (Å²) >= 11 is 0. The fourth-order valence-corrected chi connectivity index (χ4v) is 4.19. The van der Waals surface area contributed by atoms with Gasteiger partial charge in [0, 0.05) is 28.4 Å². The van der Waals surface area contributed by atoms with Gasteiger partial charge in [-0.05, 0) is 54.9 Å². The third-order valence-corrected chi connectivity index (χ3v) is 5.62. The first-order valence-electron chi connectivity index (χ1n) is 8.29. The largest absolute Gasteiger partial charge is 0.325 e. The molecule has 1 N–H and O–H groups in total. The Hall–Kier alpha value is -2.49. The number of allylic oxidation sites excluding steroid dienone is 2. The monoisotopic (exact) mass is 320 g/mol. The number of fused-ring (bicyclic) bond motifs is 2. The lowest BCUT2D eigenvalue weighted by Crippen LogP contribution is -2.25. The highest BCUT2D eigenvalue weighted by molar-refractivity contribution is 6.01. The van der Waals surface area contributed by atoms with Crippen LogP contribution in [0, 0.1) is 17.3 Å². The van der Waals surface area contributed by atoms with Crippen molar-refractivity contribution in [1.29, 1.82) is 0 Å². The molecule has 1 fully saturated rings. The number of nitrogens with zero attached hydrogens (tertiary/aromatic N) is 1. The van der Waals surface area contributed by atoms with Gasteiger partial charge in [-0.3, -0.25) is 14.6 Å². The van der Waals surface area contributed by atoms with Crippen molar-refractivity contribution in [2.24, 2.45) is 17.3 Å². The van der Waals surface area contributed by atoms with E-state index in [0.717, 1.165) is 28.6 Å². The van der Waals surface area contributed by atoms with E-state index in [2.05, 4.69) is 24.1 Å². The standard InChI is InChI=1S/C20H20N2O2/c1-11(23)17-16(10-14-18(17)20(14,2)3)22-19(24)13-6-7-15-12(9-13)5-4-8-21-15/h4-9,14,18H,10H2,1-3H3,(H,22,24)/t14-,18-/m1/s1. The quantitative estimate of drug-likeness (QED) is 0.942. The number of hydrogen-bond donors (Lipinski definition) is 1. The zero-order valence-electron chi connectivity index (χ0n) is 14.1. The average Bonchev–Trinajstić information content (AvgIpc) is 2.92. The smallest absolute Gasteiger partial charge is 0.255 e. The molecule has 1 aromatic carbocycles. The molecule has 4 heteroatoms. The Balaban J connectivity index is 1.62. The SMILES string of the molecule is CC(=O)C1=C(NC(=O)c2ccc3ncccc3c2)C[C@@H]2[C@H]1C2(C)C. The molecule has 4 nitrogen and oxygen atoms in total. The number of ketones is 1. The molecule has 1 heterocycles. The number of benzene rings is 1. The van der Waals surface area contributed by atoms with Crippen molar-refractivity contribution < 1.29 is 9.59 Å². The van der Waals surface area contributed by atoms with E-state index in [9.17, 15) is 9.59 Å². The van der Waals surface area contributed by atoms with Gasteiger partial charge in [-0.25, -0.2) is 0 Å². The Kier molecular flexibility index (Phi) is 3.14. The van der Waals surface area contributed by atoms with Crippen LogP contribution in [-0.4, -0.2) is 16.7 Å². The van der Waals surface area contributed by atoms with E-state index >= 15 is 0 Å². The van der Waals surface area contributed by atoms with Crippen molar-refractivity contribution in [2.75, 3.05) is 0 Å². The van der Waals surface area contributed by atoms with Crippen molar-refractivity contribution in [3.63, 3.8) is 0 Å². The molecule has 1 saturated carbocycles. The van der Waals surface area contributed by atoms with Crippen LogP contribution in [-0.2, 0) is 4.79 Å². The average molecular weight is 320 g/mol. The van der Waals surface area contributed by atoms with Crippen LogP contribution in [0.1, 0.15) is 37.6 Å². The Morgan fingerprint density at radius 3 is 2.79 bits per heavy atom. The molecule has 0 spiro atoms. The van der Waals surface area contributed by atoms with Crippen molar-refractivity contribution in [2.45, 2.75) is 27.2 Å². The molecule has 2 atom stereocenters. The molecule has 1 amide bonds. The number of carbonyl (C=O) groups is 2. The molecular weight excluding hydrogens is 300 g/mol. The molecule has 0 bridgehead atoms. The molecule has 4 rings (SSSR count). The van der Waals surface area contributed by atoms with Crippen LogP contribution in [0.3, 0.4) is 0 Å². The van der Waals surface area contributed by atoms with Gasteiger partial charge in [-0.1, -0.05) is 19.9 Å². The summed E-state index contributed by atoms with van der Waals surface area (Å²) in [6, 6.07) is 9.25. The van der Waals surface area contributed by atoms with E-state index < -0.39 is 0 Å². The fourth-order valence-electron chi connectivity index (χ4n) is 4.19. The van der Waals surface area contributed by atoms with Gasteiger partial charge >= 0.3 is 0 Å². The van der Waals surface area contributed by atoms with Crippen LogP contribution in [0.25, 0.3) is 10.9 Å². The van der Waals surface area contributed by atoms with E-state index in [1.54, 1.807) is 19.2 Å². The highest BCUT2D eigenvalue weighted by Gasteiger charge is 2.64. The molecule has 24 heavy (non-hydrogen) atoms. The summed E-state index contributed by atoms with van der Waals surface area (Å²) in [7, 11) is 0. The molecule has 2 aliphatic carbocycles. The van der Waals surface area contributed by atoms with Gasteiger partial charge in [-0.15, -0.1) is 0 Å². The van der Waals surface area contributed by atoms with E-state index in [0.29, 0.717) is 17.4 Å². The lowest BCUT2D eigenvalue weighted by molar-refractivity contribution is -0.114. The van der Waals surface area contributed by atoms with Crippen molar-refractivity contribution in [3.8, 4) is 0 Å². The number of amides is 1. The molecule has 0 aliphatic heterocycles. The third-order valence-electron chi connectivity index (χ3n) is 5.62. The summed E-state index contributed by atoms with van der Waals surface area (Å²) in [5, 5.41) is 3.92. The second-order valence-corrected chi connectivity index (χ2v) is 7.42. The second kappa shape index (κ2) is 5.00. The predicted octanol–water partition coefficient (Wildman–Crippen LogP) is 3.48. The van der Waals surface area contributed by atoms with Crippen molar-refractivity contribution in [3.05, 3.63) is 53.4 Å². The van der Waals surface area contributed by atoms with Crippen LogP contribution >= 0.6 is 0 Å². The maximum atomic E-state index is 12.6. The number of carbonyl (C=O) groups excluding carboxylic acids is 2. The number of rotatable bonds is 3. The number of Topliss-reactive ketones (excluding diaryl/α,β-unsaturated/α-hetero) is 1. The first-order chi connectivity index (χ1) is 11.4. The summed E-state index contributed by atoms with van der Waals surface area (Å²) in [4.78, 5) is 28.9. The Bertz CT molecular complexity index is 911. The lowest BCUT2D eigenvalue weighted by Gasteiger charge is -2.15. The van der Waals surface area contributed by atoms with Crippen LogP contribution in [0.15, 0.2) is 47.8 Å². The minimum absolute atomic E-state index is 0.0751. The summed E-state index contributed by atoms with van der Waals surface area (Å²) in [5.74, 6) is 0.693. The number of aromatic nitrogens is 1. The third kappa shape index (κ3) is 2.17. The number of hydrogen-bond acceptors (Lipinski definition) is 3. The van der Waals surface area contributed by atoms with Crippen molar-refractivity contribution in [1.82, 2.24) is 10.3 Å². The topological polar surface area (TPSA) is 59.1 Å².